The summed E-state index contributed by atoms with van der Waals surface area (Å²) in [7, 11) is 0. The van der Waals surface area contributed by atoms with E-state index < -0.39 is 36.4 Å². The standard InChI is InChI=1S/C17H31NO6/c1-4-5-6-7-8-9-12(19)18-13-14(20)15(23-16(13)21)11-10-22-17(2,3)24-11/h11,13-16,20-21H,4-10H2,1-3H3,(H,18,19)/t11-,13-,14-,15-,16?/m1/s1. The molecule has 140 valence electrons. The molecule has 2 aliphatic rings. The molecule has 2 aliphatic heterocycles. The van der Waals surface area contributed by atoms with Crippen molar-refractivity contribution in [2.75, 3.05) is 6.61 Å². The fourth-order valence-corrected chi connectivity index (χ4v) is 3.19. The summed E-state index contributed by atoms with van der Waals surface area (Å²) in [6, 6.07) is -0.842. The van der Waals surface area contributed by atoms with Crippen LogP contribution in [0.15, 0.2) is 0 Å². The van der Waals surface area contributed by atoms with Crippen LogP contribution in [0.25, 0.3) is 0 Å². The molecular weight excluding hydrogens is 314 g/mol. The Labute approximate surface area is 143 Å². The van der Waals surface area contributed by atoms with Crippen LogP contribution in [-0.4, -0.2) is 59.2 Å². The quantitative estimate of drug-likeness (QED) is 0.569. The van der Waals surface area contributed by atoms with Gasteiger partial charge in [0, 0.05) is 6.42 Å². The molecule has 0 aromatic rings. The van der Waals surface area contributed by atoms with E-state index in [2.05, 4.69) is 12.2 Å². The van der Waals surface area contributed by atoms with Gasteiger partial charge in [0.1, 0.15) is 24.4 Å². The molecule has 0 aromatic carbocycles. The number of hydrogen-bond donors (Lipinski definition) is 3. The van der Waals surface area contributed by atoms with Crippen molar-refractivity contribution in [1.82, 2.24) is 5.32 Å². The molecule has 0 aliphatic carbocycles. The van der Waals surface area contributed by atoms with Gasteiger partial charge < -0.3 is 29.7 Å². The number of nitrogens with one attached hydrogen (secondary N) is 1. The second-order valence-corrected chi connectivity index (χ2v) is 7.11. The van der Waals surface area contributed by atoms with E-state index in [4.69, 9.17) is 14.2 Å². The highest BCUT2D eigenvalue weighted by Gasteiger charge is 2.50. The van der Waals surface area contributed by atoms with E-state index in [9.17, 15) is 15.0 Å². The summed E-state index contributed by atoms with van der Waals surface area (Å²) in [6.45, 7) is 5.98. The Bertz CT molecular complexity index is 416. The van der Waals surface area contributed by atoms with Crippen molar-refractivity contribution in [1.29, 1.82) is 0 Å². The van der Waals surface area contributed by atoms with Crippen LogP contribution < -0.4 is 5.32 Å². The largest absolute Gasteiger partial charge is 0.388 e. The average Bonchev–Trinajstić information content (AvgIpc) is 3.01. The van der Waals surface area contributed by atoms with Gasteiger partial charge in [0.15, 0.2) is 12.1 Å². The molecule has 0 radical (unpaired) electrons. The maximum Gasteiger partial charge on any atom is 0.220 e. The summed E-state index contributed by atoms with van der Waals surface area (Å²) in [4.78, 5) is 12.0. The molecule has 2 fully saturated rings. The van der Waals surface area contributed by atoms with Crippen molar-refractivity contribution in [3.05, 3.63) is 0 Å². The lowest BCUT2D eigenvalue weighted by atomic mass is 10.0. The van der Waals surface area contributed by atoms with Crippen molar-refractivity contribution in [3.63, 3.8) is 0 Å². The monoisotopic (exact) mass is 345 g/mol. The summed E-state index contributed by atoms with van der Waals surface area (Å²) in [5, 5.41) is 23.1. The van der Waals surface area contributed by atoms with E-state index in [1.54, 1.807) is 13.8 Å². The Morgan fingerprint density at radius 2 is 1.92 bits per heavy atom. The first kappa shape index (κ1) is 19.6. The molecule has 0 spiro atoms. The Kier molecular flexibility index (Phi) is 7.00. The van der Waals surface area contributed by atoms with Gasteiger partial charge in [-0.3, -0.25) is 4.79 Å². The van der Waals surface area contributed by atoms with Crippen LogP contribution in [0.4, 0.5) is 0 Å². The number of ether oxygens (including phenoxy) is 3. The van der Waals surface area contributed by atoms with Crippen molar-refractivity contribution in [2.45, 2.75) is 95.7 Å². The minimum atomic E-state index is -1.25. The Morgan fingerprint density at radius 1 is 1.21 bits per heavy atom. The first-order valence-corrected chi connectivity index (χ1v) is 8.97. The number of amides is 1. The van der Waals surface area contributed by atoms with Crippen LogP contribution in [0.5, 0.6) is 0 Å². The number of aliphatic hydroxyl groups is 2. The Hall–Kier alpha value is -0.730. The van der Waals surface area contributed by atoms with E-state index in [0.717, 1.165) is 25.7 Å². The highest BCUT2D eigenvalue weighted by Crippen LogP contribution is 2.31. The third-order valence-electron chi connectivity index (χ3n) is 4.54. The molecule has 24 heavy (non-hydrogen) atoms. The molecule has 5 atom stereocenters. The van der Waals surface area contributed by atoms with E-state index in [0.29, 0.717) is 6.42 Å². The maximum atomic E-state index is 12.0. The lowest BCUT2D eigenvalue weighted by Crippen LogP contribution is -2.49. The summed E-state index contributed by atoms with van der Waals surface area (Å²) in [5.41, 5.74) is 0. The zero-order valence-corrected chi connectivity index (χ0v) is 14.9. The number of unbranched alkanes of at least 4 members (excludes halogenated alkanes) is 4. The predicted molar refractivity (Wildman–Crippen MR) is 87.1 cm³/mol. The van der Waals surface area contributed by atoms with Gasteiger partial charge in [-0.1, -0.05) is 32.6 Å². The number of hydrogen-bond acceptors (Lipinski definition) is 6. The summed E-state index contributed by atoms with van der Waals surface area (Å²) < 4.78 is 16.6. The van der Waals surface area contributed by atoms with Gasteiger partial charge in [-0.05, 0) is 20.3 Å². The minimum absolute atomic E-state index is 0.178. The second kappa shape index (κ2) is 8.58. The molecule has 1 amide bonds. The van der Waals surface area contributed by atoms with Crippen LogP contribution in [0.3, 0.4) is 0 Å². The van der Waals surface area contributed by atoms with E-state index >= 15 is 0 Å². The number of carbonyl (C=O) groups excluding carboxylic acids is 1. The van der Waals surface area contributed by atoms with Gasteiger partial charge in [0.2, 0.25) is 5.91 Å². The predicted octanol–water partition coefficient (Wildman–Crippen LogP) is 1.06. The lowest BCUT2D eigenvalue weighted by molar-refractivity contribution is -0.175. The Morgan fingerprint density at radius 3 is 2.54 bits per heavy atom. The van der Waals surface area contributed by atoms with Gasteiger partial charge in [-0.15, -0.1) is 0 Å². The molecule has 2 saturated heterocycles. The number of aliphatic hydroxyl groups excluding tert-OH is 2. The van der Waals surface area contributed by atoms with Crippen molar-refractivity contribution in [2.24, 2.45) is 0 Å². The second-order valence-electron chi connectivity index (χ2n) is 7.11. The Balaban J connectivity index is 1.78. The highest BCUT2D eigenvalue weighted by atomic mass is 16.8. The fourth-order valence-electron chi connectivity index (χ4n) is 3.19. The molecule has 7 nitrogen and oxygen atoms in total. The zero-order chi connectivity index (χ0) is 17.7. The first-order chi connectivity index (χ1) is 11.3. The molecular formula is C17H31NO6. The van der Waals surface area contributed by atoms with Crippen LogP contribution >= 0.6 is 0 Å². The summed E-state index contributed by atoms with van der Waals surface area (Å²) in [6.07, 6.45) is 2.19. The average molecular weight is 345 g/mol. The van der Waals surface area contributed by atoms with Crippen LogP contribution in [0, 0.1) is 0 Å². The highest BCUT2D eigenvalue weighted by molar-refractivity contribution is 5.76. The maximum absolute atomic E-state index is 12.0. The minimum Gasteiger partial charge on any atom is -0.388 e. The molecule has 0 bridgehead atoms. The van der Waals surface area contributed by atoms with Crippen LogP contribution in [0.1, 0.15) is 59.3 Å². The van der Waals surface area contributed by atoms with Crippen LogP contribution in [-0.2, 0) is 19.0 Å². The lowest BCUT2D eigenvalue weighted by Gasteiger charge is -2.23. The normalized spacial score (nSPS) is 35.3. The topological polar surface area (TPSA) is 97.3 Å². The van der Waals surface area contributed by atoms with Crippen molar-refractivity contribution < 1.29 is 29.2 Å². The third-order valence-corrected chi connectivity index (χ3v) is 4.54. The molecule has 1 unspecified atom stereocenters. The number of carbonyl (C=O) groups is 1. The zero-order valence-electron chi connectivity index (χ0n) is 14.9. The van der Waals surface area contributed by atoms with Crippen LogP contribution in [0.2, 0.25) is 0 Å². The molecule has 7 heteroatoms. The van der Waals surface area contributed by atoms with Crippen molar-refractivity contribution >= 4 is 5.91 Å². The number of rotatable bonds is 8. The SMILES string of the molecule is CCCCCCCC(=O)N[C@H]1C(O)O[C@H]([C@H]2COC(C)(C)O2)[C@@H]1O. The summed E-state index contributed by atoms with van der Waals surface area (Å²) in [5.74, 6) is -0.916. The molecule has 0 saturated carbocycles. The molecule has 2 heterocycles. The smallest absolute Gasteiger partial charge is 0.220 e. The van der Waals surface area contributed by atoms with E-state index in [1.165, 1.54) is 6.42 Å². The van der Waals surface area contributed by atoms with Gasteiger partial charge in [0.25, 0.3) is 0 Å². The van der Waals surface area contributed by atoms with Crippen molar-refractivity contribution in [3.8, 4) is 0 Å². The first-order valence-electron chi connectivity index (χ1n) is 8.97. The van der Waals surface area contributed by atoms with Gasteiger partial charge in [0.05, 0.1) is 6.61 Å². The third kappa shape index (κ3) is 5.13. The molecule has 2 rings (SSSR count). The van der Waals surface area contributed by atoms with Gasteiger partial charge in [-0.25, -0.2) is 0 Å². The fraction of sp³-hybridized carbons (Fsp3) is 0.941. The van der Waals surface area contributed by atoms with Gasteiger partial charge in [-0.2, -0.15) is 0 Å². The van der Waals surface area contributed by atoms with E-state index in [1.807, 2.05) is 0 Å². The molecule has 3 N–H and O–H groups in total. The van der Waals surface area contributed by atoms with E-state index in [-0.39, 0.29) is 12.5 Å². The van der Waals surface area contributed by atoms with Gasteiger partial charge >= 0.3 is 0 Å². The summed E-state index contributed by atoms with van der Waals surface area (Å²) >= 11 is 0. The molecule has 0 aromatic heterocycles.